The number of rotatable bonds is 3. The van der Waals surface area contributed by atoms with Crippen LogP contribution in [-0.2, 0) is 10.0 Å². The Bertz CT molecular complexity index is 301. The Morgan fingerprint density at radius 1 is 1.47 bits per heavy atom. The number of sulfonamides is 1. The van der Waals surface area contributed by atoms with Crippen LogP contribution in [0.2, 0.25) is 0 Å². The number of hydrogen-bond donors (Lipinski definition) is 1. The Morgan fingerprint density at radius 3 is 2.53 bits per heavy atom. The van der Waals surface area contributed by atoms with E-state index in [1.54, 1.807) is 18.2 Å². The third kappa shape index (κ3) is 2.71. The summed E-state index contributed by atoms with van der Waals surface area (Å²) in [5, 5.41) is -0.329. The number of nitrogens with zero attached hydrogens (tertiary/aromatic N) is 1. The Morgan fingerprint density at radius 2 is 2.07 bits per heavy atom. The van der Waals surface area contributed by atoms with Crippen LogP contribution in [0.15, 0.2) is 0 Å². The van der Waals surface area contributed by atoms with Gasteiger partial charge in [-0.25, -0.2) is 12.7 Å². The first-order valence-corrected chi connectivity index (χ1v) is 7.14. The molecule has 1 aliphatic rings. The average Bonchev–Trinajstić information content (AvgIpc) is 2.18. The van der Waals surface area contributed by atoms with Gasteiger partial charge in [0.05, 0.1) is 5.25 Å². The van der Waals surface area contributed by atoms with Gasteiger partial charge in [-0.3, -0.25) is 0 Å². The predicted molar refractivity (Wildman–Crippen MR) is 62.0 cm³/mol. The molecule has 1 aliphatic heterocycles. The summed E-state index contributed by atoms with van der Waals surface area (Å²) in [6, 6.07) is 0.161. The molecule has 0 radical (unpaired) electrons. The van der Waals surface area contributed by atoms with E-state index >= 15 is 0 Å². The van der Waals surface area contributed by atoms with E-state index in [-0.39, 0.29) is 11.3 Å². The number of hydrogen-bond acceptors (Lipinski definition) is 3. The minimum atomic E-state index is -3.09. The molecule has 2 N–H and O–H groups in total. The molecule has 0 saturated carbocycles. The Hall–Kier alpha value is -0.130. The predicted octanol–water partition coefficient (Wildman–Crippen LogP) is 0.784. The standard InChI is InChI=1S/C10H22N2O2S/c1-4-9-7-12(6-5-10(9)11)15(13,14)8(2)3/h8-10H,4-7,11H2,1-3H3/t9-,10+/m1/s1. The van der Waals surface area contributed by atoms with E-state index in [1.165, 1.54) is 0 Å². The minimum Gasteiger partial charge on any atom is -0.327 e. The maximum absolute atomic E-state index is 11.9. The molecule has 1 rings (SSSR count). The smallest absolute Gasteiger partial charge is 0.216 e. The van der Waals surface area contributed by atoms with Crippen molar-refractivity contribution in [1.82, 2.24) is 4.31 Å². The molecule has 0 spiro atoms. The van der Waals surface area contributed by atoms with Gasteiger partial charge < -0.3 is 5.73 Å². The van der Waals surface area contributed by atoms with Gasteiger partial charge >= 0.3 is 0 Å². The molecule has 4 nitrogen and oxygen atoms in total. The first-order valence-electron chi connectivity index (χ1n) is 5.64. The summed E-state index contributed by atoms with van der Waals surface area (Å²) in [6.07, 6.45) is 1.73. The van der Waals surface area contributed by atoms with Crippen molar-refractivity contribution < 1.29 is 8.42 Å². The van der Waals surface area contributed by atoms with Crippen molar-refractivity contribution in [3.05, 3.63) is 0 Å². The molecule has 0 unspecified atom stereocenters. The van der Waals surface area contributed by atoms with Gasteiger partial charge in [-0.2, -0.15) is 0 Å². The quantitative estimate of drug-likeness (QED) is 0.785. The lowest BCUT2D eigenvalue weighted by Gasteiger charge is -2.36. The molecule has 0 bridgehead atoms. The van der Waals surface area contributed by atoms with Crippen LogP contribution in [0.1, 0.15) is 33.6 Å². The van der Waals surface area contributed by atoms with Crippen molar-refractivity contribution >= 4 is 10.0 Å². The molecule has 90 valence electrons. The lowest BCUT2D eigenvalue weighted by Crippen LogP contribution is -2.50. The molecule has 1 saturated heterocycles. The molecular weight excluding hydrogens is 212 g/mol. The highest BCUT2D eigenvalue weighted by Gasteiger charge is 2.33. The van der Waals surface area contributed by atoms with Crippen molar-refractivity contribution in [2.75, 3.05) is 13.1 Å². The third-order valence-corrected chi connectivity index (χ3v) is 5.48. The molecule has 0 aliphatic carbocycles. The summed E-state index contributed by atoms with van der Waals surface area (Å²) in [6.45, 7) is 6.70. The van der Waals surface area contributed by atoms with E-state index < -0.39 is 10.0 Å². The van der Waals surface area contributed by atoms with Gasteiger partial charge in [0.15, 0.2) is 0 Å². The third-order valence-electron chi connectivity index (χ3n) is 3.24. The summed E-state index contributed by atoms with van der Waals surface area (Å²) < 4.78 is 25.5. The second-order valence-corrected chi connectivity index (χ2v) is 7.06. The summed E-state index contributed by atoms with van der Waals surface area (Å²) in [4.78, 5) is 0. The van der Waals surface area contributed by atoms with Crippen LogP contribution in [0.3, 0.4) is 0 Å². The Labute approximate surface area is 92.9 Å². The fourth-order valence-corrected chi connectivity index (χ4v) is 3.33. The first-order chi connectivity index (χ1) is 6.89. The van der Waals surface area contributed by atoms with E-state index in [9.17, 15) is 8.42 Å². The molecule has 1 fully saturated rings. The van der Waals surface area contributed by atoms with Crippen LogP contribution in [0.4, 0.5) is 0 Å². The Kier molecular flexibility index (Phi) is 4.14. The van der Waals surface area contributed by atoms with Gasteiger partial charge in [-0.05, 0) is 26.2 Å². The zero-order valence-corrected chi connectivity index (χ0v) is 10.6. The monoisotopic (exact) mass is 234 g/mol. The van der Waals surface area contributed by atoms with Gasteiger partial charge in [0, 0.05) is 19.1 Å². The van der Waals surface area contributed by atoms with E-state index in [1.807, 2.05) is 0 Å². The van der Waals surface area contributed by atoms with Crippen LogP contribution < -0.4 is 5.73 Å². The van der Waals surface area contributed by atoms with Crippen LogP contribution in [0.25, 0.3) is 0 Å². The van der Waals surface area contributed by atoms with Crippen LogP contribution in [0.5, 0.6) is 0 Å². The summed E-state index contributed by atoms with van der Waals surface area (Å²) in [5.41, 5.74) is 5.95. The minimum absolute atomic E-state index is 0.161. The molecule has 0 aromatic rings. The number of nitrogens with two attached hydrogens (primary N) is 1. The largest absolute Gasteiger partial charge is 0.327 e. The van der Waals surface area contributed by atoms with E-state index in [0.29, 0.717) is 19.0 Å². The van der Waals surface area contributed by atoms with Crippen LogP contribution in [0, 0.1) is 5.92 Å². The van der Waals surface area contributed by atoms with E-state index in [0.717, 1.165) is 12.8 Å². The van der Waals surface area contributed by atoms with E-state index in [4.69, 9.17) is 5.73 Å². The van der Waals surface area contributed by atoms with Gasteiger partial charge in [0.1, 0.15) is 0 Å². The normalized spacial score (nSPS) is 29.7. The van der Waals surface area contributed by atoms with Gasteiger partial charge in [0.25, 0.3) is 0 Å². The second-order valence-electron chi connectivity index (χ2n) is 4.57. The van der Waals surface area contributed by atoms with Gasteiger partial charge in [-0.15, -0.1) is 0 Å². The van der Waals surface area contributed by atoms with Crippen molar-refractivity contribution in [1.29, 1.82) is 0 Å². The van der Waals surface area contributed by atoms with Crippen molar-refractivity contribution in [2.45, 2.75) is 44.9 Å². The maximum Gasteiger partial charge on any atom is 0.216 e. The van der Waals surface area contributed by atoms with Crippen LogP contribution >= 0.6 is 0 Å². The molecular formula is C10H22N2O2S. The topological polar surface area (TPSA) is 63.4 Å². The molecule has 0 aromatic carbocycles. The highest BCUT2D eigenvalue weighted by molar-refractivity contribution is 7.89. The summed E-state index contributed by atoms with van der Waals surface area (Å²) >= 11 is 0. The van der Waals surface area contributed by atoms with Crippen LogP contribution in [-0.4, -0.2) is 37.1 Å². The maximum atomic E-state index is 11.9. The van der Waals surface area contributed by atoms with E-state index in [2.05, 4.69) is 6.92 Å². The SMILES string of the molecule is CC[C@@H]1CN(S(=O)(=O)C(C)C)CC[C@@H]1N. The molecule has 2 atom stereocenters. The molecule has 0 aromatic heterocycles. The van der Waals surface area contributed by atoms with Crippen molar-refractivity contribution in [2.24, 2.45) is 11.7 Å². The van der Waals surface area contributed by atoms with Crippen molar-refractivity contribution in [3.8, 4) is 0 Å². The fraction of sp³-hybridized carbons (Fsp3) is 1.00. The first kappa shape index (κ1) is 12.9. The second kappa shape index (κ2) is 4.80. The summed E-state index contributed by atoms with van der Waals surface area (Å²) in [5.74, 6) is 0.312. The lowest BCUT2D eigenvalue weighted by molar-refractivity contribution is 0.229. The zero-order valence-electron chi connectivity index (χ0n) is 9.81. The van der Waals surface area contributed by atoms with Gasteiger partial charge in [0.2, 0.25) is 10.0 Å². The highest BCUT2D eigenvalue weighted by Crippen LogP contribution is 2.22. The fourth-order valence-electron chi connectivity index (χ4n) is 1.98. The molecule has 15 heavy (non-hydrogen) atoms. The summed E-state index contributed by atoms with van der Waals surface area (Å²) in [7, 11) is -3.09. The molecule has 1 heterocycles. The van der Waals surface area contributed by atoms with Gasteiger partial charge in [-0.1, -0.05) is 13.3 Å². The highest BCUT2D eigenvalue weighted by atomic mass is 32.2. The lowest BCUT2D eigenvalue weighted by atomic mass is 9.92. The van der Waals surface area contributed by atoms with Crippen molar-refractivity contribution in [3.63, 3.8) is 0 Å². The Balaban J connectivity index is 2.75. The molecule has 5 heteroatoms. The zero-order chi connectivity index (χ0) is 11.6. The number of piperidine rings is 1. The average molecular weight is 234 g/mol. The molecule has 0 amide bonds.